The summed E-state index contributed by atoms with van der Waals surface area (Å²) in [6, 6.07) is 9.38. The van der Waals surface area contributed by atoms with Gasteiger partial charge in [0.25, 0.3) is 0 Å². The predicted octanol–water partition coefficient (Wildman–Crippen LogP) is 3.22. The van der Waals surface area contributed by atoms with Gasteiger partial charge in [-0.05, 0) is 27.2 Å². The standard InChI is InChI=1S/C16H18N2O/c1-11-12(2)18-15(13(3)17-11)9-10-16(19)14-7-5-4-6-8-14/h4-8H,9-10H2,1-3H3. The van der Waals surface area contributed by atoms with Crippen LogP contribution in [0.25, 0.3) is 0 Å². The molecule has 0 atom stereocenters. The number of hydrogen-bond donors (Lipinski definition) is 0. The molecule has 3 nitrogen and oxygen atoms in total. The topological polar surface area (TPSA) is 42.9 Å². The first-order valence-electron chi connectivity index (χ1n) is 6.47. The minimum Gasteiger partial charge on any atom is -0.294 e. The molecule has 98 valence electrons. The van der Waals surface area contributed by atoms with Crippen LogP contribution in [0.15, 0.2) is 30.3 Å². The molecular weight excluding hydrogens is 236 g/mol. The zero-order valence-corrected chi connectivity index (χ0v) is 11.6. The molecule has 3 heteroatoms. The van der Waals surface area contributed by atoms with E-state index >= 15 is 0 Å². The SMILES string of the molecule is Cc1nc(C)c(CCC(=O)c2ccccc2)nc1C. The number of ketones is 1. The summed E-state index contributed by atoms with van der Waals surface area (Å²) in [6.07, 6.45) is 1.12. The van der Waals surface area contributed by atoms with Crippen LogP contribution in [0.4, 0.5) is 0 Å². The lowest BCUT2D eigenvalue weighted by atomic mass is 10.0. The van der Waals surface area contributed by atoms with Gasteiger partial charge in [-0.25, -0.2) is 0 Å². The van der Waals surface area contributed by atoms with Crippen molar-refractivity contribution >= 4 is 5.78 Å². The Labute approximate surface area is 113 Å². The van der Waals surface area contributed by atoms with Crippen molar-refractivity contribution in [1.82, 2.24) is 9.97 Å². The van der Waals surface area contributed by atoms with Crippen LogP contribution < -0.4 is 0 Å². The molecule has 0 fully saturated rings. The monoisotopic (exact) mass is 254 g/mol. The molecule has 0 saturated carbocycles. The van der Waals surface area contributed by atoms with E-state index in [9.17, 15) is 4.79 Å². The van der Waals surface area contributed by atoms with Gasteiger partial charge in [0.1, 0.15) is 0 Å². The van der Waals surface area contributed by atoms with Gasteiger partial charge in [0, 0.05) is 12.0 Å². The van der Waals surface area contributed by atoms with E-state index in [2.05, 4.69) is 9.97 Å². The summed E-state index contributed by atoms with van der Waals surface area (Å²) < 4.78 is 0. The third kappa shape index (κ3) is 3.25. The number of benzene rings is 1. The number of carbonyl (C=O) groups is 1. The van der Waals surface area contributed by atoms with Gasteiger partial charge in [-0.1, -0.05) is 30.3 Å². The van der Waals surface area contributed by atoms with Gasteiger partial charge in [-0.2, -0.15) is 0 Å². The third-order valence-electron chi connectivity index (χ3n) is 3.26. The van der Waals surface area contributed by atoms with Crippen molar-refractivity contribution in [2.75, 3.05) is 0 Å². The van der Waals surface area contributed by atoms with E-state index in [0.29, 0.717) is 12.8 Å². The predicted molar refractivity (Wildman–Crippen MR) is 75.3 cm³/mol. The Bertz CT molecular complexity index is 591. The maximum atomic E-state index is 12.0. The minimum atomic E-state index is 0.153. The van der Waals surface area contributed by atoms with Crippen LogP contribution in [0.3, 0.4) is 0 Å². The second kappa shape index (κ2) is 5.74. The average Bonchev–Trinajstić information content (AvgIpc) is 2.42. The van der Waals surface area contributed by atoms with Crippen LogP contribution in [0.1, 0.15) is 39.6 Å². The fraction of sp³-hybridized carbons (Fsp3) is 0.312. The Kier molecular flexibility index (Phi) is 4.05. The zero-order valence-electron chi connectivity index (χ0n) is 11.6. The van der Waals surface area contributed by atoms with Crippen molar-refractivity contribution in [1.29, 1.82) is 0 Å². The van der Waals surface area contributed by atoms with Gasteiger partial charge >= 0.3 is 0 Å². The lowest BCUT2D eigenvalue weighted by Crippen LogP contribution is -2.06. The Morgan fingerprint density at radius 3 is 2.26 bits per heavy atom. The Hall–Kier alpha value is -2.03. The molecule has 0 aliphatic rings. The lowest BCUT2D eigenvalue weighted by Gasteiger charge is -2.07. The maximum Gasteiger partial charge on any atom is 0.163 e. The normalized spacial score (nSPS) is 10.5. The molecule has 0 saturated heterocycles. The van der Waals surface area contributed by atoms with E-state index in [1.54, 1.807) is 0 Å². The molecule has 0 radical (unpaired) electrons. The largest absolute Gasteiger partial charge is 0.294 e. The van der Waals surface area contributed by atoms with Gasteiger partial charge in [0.05, 0.1) is 22.8 Å². The zero-order chi connectivity index (χ0) is 13.8. The minimum absolute atomic E-state index is 0.153. The summed E-state index contributed by atoms with van der Waals surface area (Å²) >= 11 is 0. The van der Waals surface area contributed by atoms with Gasteiger partial charge in [-0.15, -0.1) is 0 Å². The molecular formula is C16H18N2O. The Morgan fingerprint density at radius 1 is 0.947 bits per heavy atom. The fourth-order valence-electron chi connectivity index (χ4n) is 2.00. The lowest BCUT2D eigenvalue weighted by molar-refractivity contribution is 0.0982. The van der Waals surface area contributed by atoms with E-state index in [4.69, 9.17) is 0 Å². The molecule has 1 heterocycles. The molecule has 0 unspecified atom stereocenters. The first kappa shape index (κ1) is 13.4. The average molecular weight is 254 g/mol. The van der Waals surface area contributed by atoms with Crippen molar-refractivity contribution in [3.8, 4) is 0 Å². The first-order valence-corrected chi connectivity index (χ1v) is 6.47. The second-order valence-electron chi connectivity index (χ2n) is 4.72. The molecule has 0 spiro atoms. The Balaban J connectivity index is 2.07. The molecule has 0 bridgehead atoms. The Morgan fingerprint density at radius 2 is 1.58 bits per heavy atom. The molecule has 0 amide bonds. The summed E-state index contributed by atoms with van der Waals surface area (Å²) in [4.78, 5) is 21.0. The van der Waals surface area contributed by atoms with Gasteiger partial charge in [-0.3, -0.25) is 14.8 Å². The van der Waals surface area contributed by atoms with E-state index in [1.165, 1.54) is 0 Å². The summed E-state index contributed by atoms with van der Waals surface area (Å²) in [5.74, 6) is 0.153. The van der Waals surface area contributed by atoms with Crippen molar-refractivity contribution in [2.45, 2.75) is 33.6 Å². The second-order valence-corrected chi connectivity index (χ2v) is 4.72. The fourth-order valence-corrected chi connectivity index (χ4v) is 2.00. The summed E-state index contributed by atoms with van der Waals surface area (Å²) in [6.45, 7) is 5.85. The van der Waals surface area contributed by atoms with E-state index in [-0.39, 0.29) is 5.78 Å². The quantitative estimate of drug-likeness (QED) is 0.787. The summed E-state index contributed by atoms with van der Waals surface area (Å²) in [7, 11) is 0. The molecule has 19 heavy (non-hydrogen) atoms. The van der Waals surface area contributed by atoms with Crippen LogP contribution in [0.2, 0.25) is 0 Å². The highest BCUT2D eigenvalue weighted by atomic mass is 16.1. The van der Waals surface area contributed by atoms with Crippen molar-refractivity contribution in [3.05, 3.63) is 58.7 Å². The molecule has 0 aliphatic carbocycles. The van der Waals surface area contributed by atoms with E-state index in [1.807, 2.05) is 51.1 Å². The van der Waals surface area contributed by atoms with Crippen LogP contribution in [-0.4, -0.2) is 15.8 Å². The van der Waals surface area contributed by atoms with Crippen molar-refractivity contribution in [2.24, 2.45) is 0 Å². The van der Waals surface area contributed by atoms with Gasteiger partial charge in [0.15, 0.2) is 5.78 Å². The van der Waals surface area contributed by atoms with Crippen LogP contribution in [-0.2, 0) is 6.42 Å². The molecule has 1 aromatic carbocycles. The molecule has 2 rings (SSSR count). The first-order chi connectivity index (χ1) is 9.08. The third-order valence-corrected chi connectivity index (χ3v) is 3.26. The summed E-state index contributed by atoms with van der Waals surface area (Å²) in [5.41, 5.74) is 4.50. The highest BCUT2D eigenvalue weighted by Crippen LogP contribution is 2.11. The molecule has 2 aromatic rings. The molecule has 1 aromatic heterocycles. The number of carbonyl (C=O) groups excluding carboxylic acids is 1. The highest BCUT2D eigenvalue weighted by molar-refractivity contribution is 5.96. The maximum absolute atomic E-state index is 12.0. The van der Waals surface area contributed by atoms with Crippen molar-refractivity contribution < 1.29 is 4.79 Å². The van der Waals surface area contributed by atoms with E-state index in [0.717, 1.165) is 28.3 Å². The molecule has 0 aliphatic heterocycles. The van der Waals surface area contributed by atoms with Crippen LogP contribution in [0.5, 0.6) is 0 Å². The highest BCUT2D eigenvalue weighted by Gasteiger charge is 2.09. The van der Waals surface area contributed by atoms with Gasteiger partial charge < -0.3 is 0 Å². The number of hydrogen-bond acceptors (Lipinski definition) is 3. The smallest absolute Gasteiger partial charge is 0.163 e. The van der Waals surface area contributed by atoms with Crippen LogP contribution in [0, 0.1) is 20.8 Å². The number of Topliss-reactive ketones (excluding diaryl/α,β-unsaturated/α-hetero) is 1. The van der Waals surface area contributed by atoms with E-state index < -0.39 is 0 Å². The van der Waals surface area contributed by atoms with Crippen molar-refractivity contribution in [3.63, 3.8) is 0 Å². The number of aryl methyl sites for hydroxylation is 4. The molecule has 0 N–H and O–H groups in total. The number of nitrogens with zero attached hydrogens (tertiary/aromatic N) is 2. The summed E-state index contributed by atoms with van der Waals surface area (Å²) in [5, 5.41) is 0. The van der Waals surface area contributed by atoms with Crippen LogP contribution >= 0.6 is 0 Å². The van der Waals surface area contributed by atoms with Gasteiger partial charge in [0.2, 0.25) is 0 Å². The number of aromatic nitrogens is 2. The number of rotatable bonds is 4.